The summed E-state index contributed by atoms with van der Waals surface area (Å²) in [4.78, 5) is 4.42. The van der Waals surface area contributed by atoms with Crippen LogP contribution in [0.2, 0.25) is 5.02 Å². The second-order valence-corrected chi connectivity index (χ2v) is 4.76. The van der Waals surface area contributed by atoms with E-state index in [-0.39, 0.29) is 0 Å². The highest BCUT2D eigenvalue weighted by atomic mass is 35.5. The predicted octanol–water partition coefficient (Wildman–Crippen LogP) is 4.64. The van der Waals surface area contributed by atoms with E-state index in [1.54, 1.807) is 19.4 Å². The molecule has 0 aliphatic rings. The summed E-state index contributed by atoms with van der Waals surface area (Å²) in [6.45, 7) is 0. The highest BCUT2D eigenvalue weighted by Gasteiger charge is 2.05. The van der Waals surface area contributed by atoms with Crippen molar-refractivity contribution >= 4 is 33.9 Å². The second-order valence-electron chi connectivity index (χ2n) is 4.36. The topological polar surface area (TPSA) is 34.1 Å². The maximum Gasteiger partial charge on any atom is 0.139 e. The first-order chi connectivity index (χ1) is 9.78. The molecule has 0 spiro atoms. The Morgan fingerprint density at radius 2 is 1.95 bits per heavy atom. The van der Waals surface area contributed by atoms with Crippen molar-refractivity contribution < 1.29 is 4.74 Å². The highest BCUT2D eigenvalue weighted by Crippen LogP contribution is 2.30. The Hall–Kier alpha value is -2.26. The minimum atomic E-state index is 0.592. The van der Waals surface area contributed by atoms with Gasteiger partial charge in [-0.1, -0.05) is 29.8 Å². The number of pyridine rings is 1. The van der Waals surface area contributed by atoms with Gasteiger partial charge >= 0.3 is 0 Å². The van der Waals surface area contributed by atoms with E-state index in [0.29, 0.717) is 10.8 Å². The van der Waals surface area contributed by atoms with Crippen molar-refractivity contribution in [2.24, 2.45) is 0 Å². The van der Waals surface area contributed by atoms with E-state index in [1.807, 2.05) is 42.5 Å². The van der Waals surface area contributed by atoms with Gasteiger partial charge in [-0.3, -0.25) is 4.98 Å². The monoisotopic (exact) mass is 284 g/mol. The molecular formula is C16H13ClN2O. The number of para-hydroxylation sites is 1. The van der Waals surface area contributed by atoms with Gasteiger partial charge in [0.15, 0.2) is 0 Å². The molecule has 0 aliphatic carbocycles. The lowest BCUT2D eigenvalue weighted by Gasteiger charge is -2.11. The van der Waals surface area contributed by atoms with Gasteiger partial charge in [-0.05, 0) is 24.3 Å². The van der Waals surface area contributed by atoms with Crippen LogP contribution < -0.4 is 10.1 Å². The molecule has 0 unspecified atom stereocenters. The van der Waals surface area contributed by atoms with Gasteiger partial charge in [-0.25, -0.2) is 0 Å². The first kappa shape index (κ1) is 12.8. The number of halogens is 1. The van der Waals surface area contributed by atoms with E-state index in [2.05, 4.69) is 10.3 Å². The maximum atomic E-state index is 6.03. The molecule has 0 fully saturated rings. The normalized spacial score (nSPS) is 10.5. The number of nitrogens with one attached hydrogen (secondary N) is 1. The number of hydrogen-bond donors (Lipinski definition) is 1. The predicted molar refractivity (Wildman–Crippen MR) is 83.0 cm³/mol. The van der Waals surface area contributed by atoms with Crippen LogP contribution in [0.4, 0.5) is 11.4 Å². The number of rotatable bonds is 3. The van der Waals surface area contributed by atoms with E-state index >= 15 is 0 Å². The van der Waals surface area contributed by atoms with Crippen molar-refractivity contribution in [3.8, 4) is 5.75 Å². The van der Waals surface area contributed by atoms with Gasteiger partial charge in [-0.15, -0.1) is 0 Å². The molecule has 2 aromatic carbocycles. The number of benzene rings is 2. The Balaban J connectivity index is 2.01. The minimum absolute atomic E-state index is 0.592. The van der Waals surface area contributed by atoms with Crippen LogP contribution in [0.15, 0.2) is 54.7 Å². The van der Waals surface area contributed by atoms with Gasteiger partial charge in [-0.2, -0.15) is 0 Å². The average molecular weight is 285 g/mol. The Labute approximate surface area is 122 Å². The summed E-state index contributed by atoms with van der Waals surface area (Å²) in [6.07, 6.45) is 1.79. The molecule has 100 valence electrons. The van der Waals surface area contributed by atoms with Gasteiger partial charge in [0.25, 0.3) is 0 Å². The molecule has 1 heterocycles. The van der Waals surface area contributed by atoms with E-state index in [4.69, 9.17) is 16.3 Å². The smallest absolute Gasteiger partial charge is 0.139 e. The standard InChI is InChI=1S/C16H13ClN2O/c1-20-15-10-12(7-8-13(15)17)19-14-6-2-4-11-5-3-9-18-16(11)14/h2-10,19H,1H3. The Kier molecular flexibility index (Phi) is 3.44. The summed E-state index contributed by atoms with van der Waals surface area (Å²) < 4.78 is 5.22. The molecule has 0 amide bonds. The third-order valence-corrected chi connectivity index (χ3v) is 3.38. The number of aromatic nitrogens is 1. The SMILES string of the molecule is COc1cc(Nc2cccc3cccnc23)ccc1Cl. The maximum absolute atomic E-state index is 6.03. The third kappa shape index (κ3) is 2.40. The quantitative estimate of drug-likeness (QED) is 0.761. The van der Waals surface area contributed by atoms with E-state index in [9.17, 15) is 0 Å². The van der Waals surface area contributed by atoms with Crippen LogP contribution in [0, 0.1) is 0 Å². The molecule has 0 bridgehead atoms. The van der Waals surface area contributed by atoms with E-state index in [1.165, 1.54) is 0 Å². The summed E-state index contributed by atoms with van der Waals surface area (Å²) >= 11 is 6.03. The van der Waals surface area contributed by atoms with Crippen molar-refractivity contribution in [3.05, 3.63) is 59.8 Å². The Morgan fingerprint density at radius 1 is 1.10 bits per heavy atom. The zero-order chi connectivity index (χ0) is 13.9. The van der Waals surface area contributed by atoms with E-state index in [0.717, 1.165) is 22.3 Å². The molecule has 20 heavy (non-hydrogen) atoms. The van der Waals surface area contributed by atoms with Crippen molar-refractivity contribution in [2.75, 3.05) is 12.4 Å². The van der Waals surface area contributed by atoms with Gasteiger partial charge in [0.05, 0.1) is 23.3 Å². The fourth-order valence-electron chi connectivity index (χ4n) is 2.10. The van der Waals surface area contributed by atoms with Gasteiger partial charge in [0.2, 0.25) is 0 Å². The summed E-state index contributed by atoms with van der Waals surface area (Å²) in [6, 6.07) is 15.6. The summed E-state index contributed by atoms with van der Waals surface area (Å²) in [5.74, 6) is 0.643. The zero-order valence-electron chi connectivity index (χ0n) is 10.9. The largest absolute Gasteiger partial charge is 0.495 e. The third-order valence-electron chi connectivity index (χ3n) is 3.06. The zero-order valence-corrected chi connectivity index (χ0v) is 11.7. The number of anilines is 2. The van der Waals surface area contributed by atoms with Gasteiger partial charge in [0.1, 0.15) is 5.75 Å². The molecule has 0 aliphatic heterocycles. The molecule has 0 radical (unpaired) electrons. The van der Waals surface area contributed by atoms with Crippen LogP contribution in [0.25, 0.3) is 10.9 Å². The second kappa shape index (κ2) is 5.39. The van der Waals surface area contributed by atoms with Crippen molar-refractivity contribution in [1.82, 2.24) is 4.98 Å². The Bertz CT molecular complexity index is 753. The van der Waals surface area contributed by atoms with Gasteiger partial charge in [0, 0.05) is 23.3 Å². The highest BCUT2D eigenvalue weighted by molar-refractivity contribution is 6.32. The van der Waals surface area contributed by atoms with Crippen LogP contribution >= 0.6 is 11.6 Å². The van der Waals surface area contributed by atoms with Gasteiger partial charge < -0.3 is 10.1 Å². The number of hydrogen-bond acceptors (Lipinski definition) is 3. The lowest BCUT2D eigenvalue weighted by molar-refractivity contribution is 0.415. The van der Waals surface area contributed by atoms with Crippen LogP contribution in [0.1, 0.15) is 0 Å². The number of nitrogens with zero attached hydrogens (tertiary/aromatic N) is 1. The Morgan fingerprint density at radius 3 is 2.80 bits per heavy atom. The summed E-state index contributed by atoms with van der Waals surface area (Å²) in [5.41, 5.74) is 2.79. The molecule has 3 nitrogen and oxygen atoms in total. The molecule has 3 rings (SSSR count). The molecule has 0 atom stereocenters. The molecule has 3 aromatic rings. The van der Waals surface area contributed by atoms with Crippen LogP contribution in [0.5, 0.6) is 5.75 Å². The number of methoxy groups -OCH3 is 1. The van der Waals surface area contributed by atoms with Crippen LogP contribution in [-0.2, 0) is 0 Å². The molecular weight excluding hydrogens is 272 g/mol. The van der Waals surface area contributed by atoms with Crippen molar-refractivity contribution in [3.63, 3.8) is 0 Å². The first-order valence-electron chi connectivity index (χ1n) is 6.22. The number of ether oxygens (including phenoxy) is 1. The van der Waals surface area contributed by atoms with Crippen LogP contribution in [-0.4, -0.2) is 12.1 Å². The van der Waals surface area contributed by atoms with Crippen LogP contribution in [0.3, 0.4) is 0 Å². The van der Waals surface area contributed by atoms with E-state index < -0.39 is 0 Å². The lowest BCUT2D eigenvalue weighted by Crippen LogP contribution is -1.94. The molecule has 1 aromatic heterocycles. The molecule has 0 saturated heterocycles. The molecule has 1 N–H and O–H groups in total. The number of fused-ring (bicyclic) bond motifs is 1. The minimum Gasteiger partial charge on any atom is -0.495 e. The summed E-state index contributed by atoms with van der Waals surface area (Å²) in [5, 5.41) is 5.04. The van der Waals surface area contributed by atoms with Crippen molar-refractivity contribution in [1.29, 1.82) is 0 Å². The fourth-order valence-corrected chi connectivity index (χ4v) is 2.29. The average Bonchev–Trinajstić information content (AvgIpc) is 2.49. The molecule has 4 heteroatoms. The molecule has 0 saturated carbocycles. The first-order valence-corrected chi connectivity index (χ1v) is 6.60. The lowest BCUT2D eigenvalue weighted by atomic mass is 10.2. The fraction of sp³-hybridized carbons (Fsp3) is 0.0625. The van der Waals surface area contributed by atoms with Crippen molar-refractivity contribution in [2.45, 2.75) is 0 Å². The summed E-state index contributed by atoms with van der Waals surface area (Å²) in [7, 11) is 1.60.